The number of anilines is 3. The molecule has 0 bridgehead atoms. The Morgan fingerprint density at radius 3 is 2.39 bits per heavy atom. The summed E-state index contributed by atoms with van der Waals surface area (Å²) in [5, 5.41) is 4.44. The van der Waals surface area contributed by atoms with Gasteiger partial charge in [-0.15, -0.1) is 12.4 Å². The second kappa shape index (κ2) is 9.08. The lowest BCUT2D eigenvalue weighted by Crippen LogP contribution is -2.45. The van der Waals surface area contributed by atoms with Crippen LogP contribution in [0.3, 0.4) is 0 Å². The van der Waals surface area contributed by atoms with E-state index in [1.54, 1.807) is 0 Å². The lowest BCUT2D eigenvalue weighted by molar-refractivity contribution is 0.312. The number of likely N-dealkylation sites (N-methyl/N-ethyl adjacent to an activating group) is 1. The van der Waals surface area contributed by atoms with Crippen LogP contribution in [0.2, 0.25) is 0 Å². The van der Waals surface area contributed by atoms with Crippen LogP contribution in [0.5, 0.6) is 5.75 Å². The second-order valence-electron chi connectivity index (χ2n) is 6.76. The van der Waals surface area contributed by atoms with Crippen LogP contribution in [0.15, 0.2) is 48.5 Å². The third-order valence-electron chi connectivity index (χ3n) is 4.81. The number of halogens is 1. The summed E-state index contributed by atoms with van der Waals surface area (Å²) in [5.41, 5.74) is 1.90. The first-order chi connectivity index (χ1) is 13.2. The van der Waals surface area contributed by atoms with Crippen LogP contribution < -0.4 is 15.0 Å². The van der Waals surface area contributed by atoms with Gasteiger partial charge in [-0.25, -0.2) is 4.98 Å². The molecule has 0 amide bonds. The van der Waals surface area contributed by atoms with E-state index in [9.17, 15) is 0 Å². The molecule has 2 aromatic carbocycles. The zero-order valence-corrected chi connectivity index (χ0v) is 17.1. The topological polar surface area (TPSA) is 53.5 Å². The highest BCUT2D eigenvalue weighted by Crippen LogP contribution is 2.27. The Morgan fingerprint density at radius 1 is 0.964 bits per heavy atom. The molecule has 3 aromatic rings. The summed E-state index contributed by atoms with van der Waals surface area (Å²) in [6, 6.07) is 16.1. The molecule has 0 saturated carbocycles. The van der Waals surface area contributed by atoms with Gasteiger partial charge in [-0.1, -0.05) is 12.1 Å². The molecule has 0 spiro atoms. The minimum Gasteiger partial charge on any atom is -0.494 e. The van der Waals surface area contributed by atoms with E-state index in [2.05, 4.69) is 28.2 Å². The third-order valence-corrected chi connectivity index (χ3v) is 4.81. The minimum absolute atomic E-state index is 0. The van der Waals surface area contributed by atoms with Crippen molar-refractivity contribution in [3.05, 3.63) is 48.5 Å². The van der Waals surface area contributed by atoms with E-state index in [1.165, 1.54) is 0 Å². The zero-order chi connectivity index (χ0) is 18.6. The molecular formula is C21H26ClN5O. The summed E-state index contributed by atoms with van der Waals surface area (Å²) >= 11 is 0. The number of fused-ring (bicyclic) bond motifs is 1. The van der Waals surface area contributed by atoms with E-state index in [4.69, 9.17) is 14.7 Å². The van der Waals surface area contributed by atoms with Gasteiger partial charge in [-0.3, -0.25) is 0 Å². The molecule has 1 aliphatic heterocycles. The first kappa shape index (κ1) is 20.2. The smallest absolute Gasteiger partial charge is 0.229 e. The van der Waals surface area contributed by atoms with Gasteiger partial charge in [0.2, 0.25) is 5.95 Å². The predicted octanol–water partition coefficient (Wildman–Crippen LogP) is 3.95. The molecule has 0 aliphatic carbocycles. The van der Waals surface area contributed by atoms with Crippen molar-refractivity contribution in [2.75, 3.05) is 50.1 Å². The van der Waals surface area contributed by atoms with Crippen molar-refractivity contribution in [1.82, 2.24) is 14.9 Å². The minimum atomic E-state index is 0. The number of nitrogens with zero attached hydrogens (tertiary/aromatic N) is 4. The Morgan fingerprint density at radius 2 is 1.68 bits per heavy atom. The van der Waals surface area contributed by atoms with Gasteiger partial charge < -0.3 is 19.9 Å². The van der Waals surface area contributed by atoms with Crippen LogP contribution in [-0.2, 0) is 0 Å². The zero-order valence-electron chi connectivity index (χ0n) is 16.3. The number of hydrogen-bond donors (Lipinski definition) is 1. The molecule has 6 nitrogen and oxygen atoms in total. The molecule has 28 heavy (non-hydrogen) atoms. The van der Waals surface area contributed by atoms with Crippen LogP contribution in [0.25, 0.3) is 10.9 Å². The molecule has 148 valence electrons. The van der Waals surface area contributed by atoms with Crippen molar-refractivity contribution in [3.63, 3.8) is 0 Å². The molecule has 4 rings (SSSR count). The lowest BCUT2D eigenvalue weighted by atomic mass is 10.2. The Kier molecular flexibility index (Phi) is 6.54. The Balaban J connectivity index is 0.00000225. The van der Waals surface area contributed by atoms with Gasteiger partial charge in [-0.05, 0) is 50.4 Å². The fourth-order valence-electron chi connectivity index (χ4n) is 3.31. The van der Waals surface area contributed by atoms with Crippen molar-refractivity contribution in [3.8, 4) is 5.75 Å². The molecule has 0 unspecified atom stereocenters. The highest BCUT2D eigenvalue weighted by atomic mass is 35.5. The number of piperazine rings is 1. The molecule has 0 radical (unpaired) electrons. The predicted molar refractivity (Wildman–Crippen MR) is 117 cm³/mol. The molecule has 1 aliphatic rings. The summed E-state index contributed by atoms with van der Waals surface area (Å²) in [4.78, 5) is 14.3. The first-order valence-corrected chi connectivity index (χ1v) is 9.43. The van der Waals surface area contributed by atoms with Gasteiger partial charge in [0.15, 0.2) is 0 Å². The number of para-hydroxylation sites is 1. The van der Waals surface area contributed by atoms with Crippen LogP contribution in [-0.4, -0.2) is 54.7 Å². The summed E-state index contributed by atoms with van der Waals surface area (Å²) < 4.78 is 5.51. The molecular weight excluding hydrogens is 374 g/mol. The van der Waals surface area contributed by atoms with Gasteiger partial charge in [0.05, 0.1) is 12.1 Å². The summed E-state index contributed by atoms with van der Waals surface area (Å²) in [6.07, 6.45) is 0. The summed E-state index contributed by atoms with van der Waals surface area (Å²) in [6.45, 7) is 6.67. The molecule has 7 heteroatoms. The van der Waals surface area contributed by atoms with Gasteiger partial charge >= 0.3 is 0 Å². The number of ether oxygens (including phenoxy) is 1. The number of hydrogen-bond acceptors (Lipinski definition) is 6. The normalized spacial score (nSPS) is 14.6. The average Bonchev–Trinajstić information content (AvgIpc) is 2.70. The highest BCUT2D eigenvalue weighted by molar-refractivity contribution is 5.90. The van der Waals surface area contributed by atoms with E-state index in [1.807, 2.05) is 49.4 Å². The monoisotopic (exact) mass is 399 g/mol. The lowest BCUT2D eigenvalue weighted by Gasteiger charge is -2.33. The van der Waals surface area contributed by atoms with E-state index < -0.39 is 0 Å². The van der Waals surface area contributed by atoms with E-state index in [-0.39, 0.29) is 12.4 Å². The third kappa shape index (κ3) is 4.46. The fourth-order valence-corrected chi connectivity index (χ4v) is 3.31. The Bertz CT molecular complexity index is 910. The Labute approximate surface area is 171 Å². The van der Waals surface area contributed by atoms with Crippen LogP contribution in [0, 0.1) is 0 Å². The molecule has 1 saturated heterocycles. The molecule has 1 aromatic heterocycles. The number of nitrogens with one attached hydrogen (secondary N) is 1. The molecule has 1 fully saturated rings. The van der Waals surface area contributed by atoms with Crippen molar-refractivity contribution >= 4 is 40.8 Å². The quantitative estimate of drug-likeness (QED) is 0.701. The number of benzene rings is 2. The maximum Gasteiger partial charge on any atom is 0.229 e. The van der Waals surface area contributed by atoms with Crippen molar-refractivity contribution in [2.24, 2.45) is 0 Å². The summed E-state index contributed by atoms with van der Waals surface area (Å²) in [7, 11) is 2.16. The molecule has 0 atom stereocenters. The van der Waals surface area contributed by atoms with Gasteiger partial charge in [0.25, 0.3) is 0 Å². The maximum absolute atomic E-state index is 5.51. The van der Waals surface area contributed by atoms with Crippen LogP contribution in [0.4, 0.5) is 17.5 Å². The largest absolute Gasteiger partial charge is 0.494 e. The van der Waals surface area contributed by atoms with E-state index in [0.717, 1.165) is 54.3 Å². The van der Waals surface area contributed by atoms with Crippen LogP contribution >= 0.6 is 12.4 Å². The van der Waals surface area contributed by atoms with E-state index in [0.29, 0.717) is 12.6 Å². The van der Waals surface area contributed by atoms with Crippen molar-refractivity contribution in [1.29, 1.82) is 0 Å². The van der Waals surface area contributed by atoms with Gasteiger partial charge in [0.1, 0.15) is 11.6 Å². The van der Waals surface area contributed by atoms with Crippen molar-refractivity contribution < 1.29 is 4.74 Å². The molecule has 2 heterocycles. The first-order valence-electron chi connectivity index (χ1n) is 9.43. The summed E-state index contributed by atoms with van der Waals surface area (Å²) in [5.74, 6) is 2.48. The Hall–Kier alpha value is -2.57. The van der Waals surface area contributed by atoms with Crippen LogP contribution in [0.1, 0.15) is 6.92 Å². The standard InChI is InChI=1S/C21H25N5O.ClH/c1-3-27-17-10-8-16(9-11-17)22-21-23-19-7-5-4-6-18(19)20(24-21)26-14-12-25(2)13-15-26;/h4-11H,3,12-15H2,1-2H3,(H,22,23,24);1H. The maximum atomic E-state index is 5.51. The second-order valence-corrected chi connectivity index (χ2v) is 6.76. The van der Waals surface area contributed by atoms with Gasteiger partial charge in [-0.2, -0.15) is 4.98 Å². The fraction of sp³-hybridized carbons (Fsp3) is 0.333. The SMILES string of the molecule is CCOc1ccc(Nc2nc(N3CCN(C)CC3)c3ccccc3n2)cc1.Cl. The average molecular weight is 400 g/mol. The number of aromatic nitrogens is 2. The number of rotatable bonds is 5. The molecule has 1 N–H and O–H groups in total. The van der Waals surface area contributed by atoms with Gasteiger partial charge in [0, 0.05) is 37.3 Å². The van der Waals surface area contributed by atoms with E-state index >= 15 is 0 Å². The highest BCUT2D eigenvalue weighted by Gasteiger charge is 2.19. The van der Waals surface area contributed by atoms with Crippen molar-refractivity contribution in [2.45, 2.75) is 6.92 Å².